The fourth-order valence-electron chi connectivity index (χ4n) is 2.23. The Kier molecular flexibility index (Phi) is 4.84. The van der Waals surface area contributed by atoms with Crippen LogP contribution in [0, 0.1) is 0 Å². The van der Waals surface area contributed by atoms with E-state index in [2.05, 4.69) is 46.9 Å². The quantitative estimate of drug-likeness (QED) is 0.806. The van der Waals surface area contributed by atoms with E-state index in [1.165, 1.54) is 11.1 Å². The summed E-state index contributed by atoms with van der Waals surface area (Å²) >= 11 is 3.57. The van der Waals surface area contributed by atoms with E-state index in [-0.39, 0.29) is 0 Å². The number of rotatable bonds is 6. The summed E-state index contributed by atoms with van der Waals surface area (Å²) in [5, 5.41) is 3.54. The predicted octanol–water partition coefficient (Wildman–Crippen LogP) is 3.83. The lowest BCUT2D eigenvalue weighted by molar-refractivity contribution is 0.351. The first-order valence-corrected chi connectivity index (χ1v) is 7.28. The molecule has 18 heavy (non-hydrogen) atoms. The van der Waals surface area contributed by atoms with Crippen LogP contribution in [0.15, 0.2) is 29.3 Å². The summed E-state index contributed by atoms with van der Waals surface area (Å²) in [4.78, 5) is 0. The maximum Gasteiger partial charge on any atom is 0.127 e. The van der Waals surface area contributed by atoms with Gasteiger partial charge in [-0.05, 0) is 37.5 Å². The first-order chi connectivity index (χ1) is 8.70. The minimum atomic E-state index is 0.499. The van der Waals surface area contributed by atoms with Crippen LogP contribution in [0.2, 0.25) is 0 Å². The summed E-state index contributed by atoms with van der Waals surface area (Å²) < 4.78 is 6.86. The van der Waals surface area contributed by atoms with Crippen molar-refractivity contribution in [2.75, 3.05) is 6.61 Å². The Morgan fingerprint density at radius 3 is 3.17 bits per heavy atom. The molecule has 0 saturated carbocycles. The zero-order chi connectivity index (χ0) is 13.0. The molecule has 1 heterocycles. The highest BCUT2D eigenvalue weighted by Crippen LogP contribution is 2.32. The maximum atomic E-state index is 5.72. The average molecular weight is 310 g/mol. The fraction of sp³-hybridized carbons (Fsp3) is 0.467. The molecule has 0 fully saturated rings. The Hall–Kier alpha value is -0.800. The van der Waals surface area contributed by atoms with Crippen LogP contribution in [0.25, 0.3) is 0 Å². The maximum absolute atomic E-state index is 5.72. The largest absolute Gasteiger partial charge is 0.493 e. The molecule has 1 aromatic rings. The molecule has 1 aromatic carbocycles. The monoisotopic (exact) mass is 309 g/mol. The molecule has 3 heteroatoms. The highest BCUT2D eigenvalue weighted by molar-refractivity contribution is 9.10. The number of halogens is 1. The molecule has 0 bridgehead atoms. The number of nitrogens with one attached hydrogen (secondary N) is 1. The number of fused-ring (bicyclic) bond motifs is 1. The van der Waals surface area contributed by atoms with Crippen molar-refractivity contribution in [3.8, 4) is 5.75 Å². The topological polar surface area (TPSA) is 21.3 Å². The van der Waals surface area contributed by atoms with Gasteiger partial charge in [0, 0.05) is 29.0 Å². The lowest BCUT2D eigenvalue weighted by atomic mass is 10.1. The van der Waals surface area contributed by atoms with E-state index in [0.29, 0.717) is 6.04 Å². The molecule has 1 atom stereocenters. The van der Waals surface area contributed by atoms with E-state index in [1.54, 1.807) is 0 Å². The molecule has 1 aliphatic heterocycles. The van der Waals surface area contributed by atoms with Crippen LogP contribution < -0.4 is 10.1 Å². The molecule has 0 saturated heterocycles. The summed E-state index contributed by atoms with van der Waals surface area (Å²) in [7, 11) is 0. The second kappa shape index (κ2) is 6.39. The van der Waals surface area contributed by atoms with Gasteiger partial charge in [-0.3, -0.25) is 0 Å². The van der Waals surface area contributed by atoms with Crippen LogP contribution in [0.3, 0.4) is 0 Å². The Balaban J connectivity index is 1.99. The van der Waals surface area contributed by atoms with Crippen molar-refractivity contribution in [3.05, 3.63) is 40.4 Å². The molecule has 0 amide bonds. The summed E-state index contributed by atoms with van der Waals surface area (Å²) in [5.74, 6) is 1.08. The van der Waals surface area contributed by atoms with Gasteiger partial charge < -0.3 is 10.1 Å². The van der Waals surface area contributed by atoms with E-state index in [9.17, 15) is 0 Å². The molecule has 2 nitrogen and oxygen atoms in total. The predicted molar refractivity (Wildman–Crippen MR) is 79.1 cm³/mol. The fourth-order valence-corrected chi connectivity index (χ4v) is 2.78. The minimum absolute atomic E-state index is 0.499. The molecule has 1 aliphatic rings. The smallest absolute Gasteiger partial charge is 0.127 e. The summed E-state index contributed by atoms with van der Waals surface area (Å²) in [6.45, 7) is 7.64. The lowest BCUT2D eigenvalue weighted by Gasteiger charge is -2.15. The Labute approximate surface area is 118 Å². The van der Waals surface area contributed by atoms with Gasteiger partial charge in [-0.25, -0.2) is 0 Å². The van der Waals surface area contributed by atoms with Gasteiger partial charge in [0.2, 0.25) is 0 Å². The molecule has 0 aromatic heterocycles. The molecule has 2 rings (SSSR count). The SMILES string of the molecule is C=CCCC(C)NCc1cc(Br)cc2c1OCC2. The van der Waals surface area contributed by atoms with Crippen LogP contribution in [-0.4, -0.2) is 12.6 Å². The number of hydrogen-bond donors (Lipinski definition) is 1. The average Bonchev–Trinajstić information content (AvgIpc) is 2.81. The second-order valence-electron chi connectivity index (χ2n) is 4.80. The van der Waals surface area contributed by atoms with Crippen LogP contribution in [-0.2, 0) is 13.0 Å². The molecule has 0 aliphatic carbocycles. The summed E-state index contributed by atoms with van der Waals surface area (Å²) in [6, 6.07) is 4.81. The van der Waals surface area contributed by atoms with E-state index in [0.717, 1.165) is 42.6 Å². The highest BCUT2D eigenvalue weighted by atomic mass is 79.9. The van der Waals surface area contributed by atoms with E-state index < -0.39 is 0 Å². The van der Waals surface area contributed by atoms with E-state index in [1.807, 2.05) is 6.08 Å². The minimum Gasteiger partial charge on any atom is -0.493 e. The molecule has 1 unspecified atom stereocenters. The Morgan fingerprint density at radius 2 is 2.39 bits per heavy atom. The van der Waals surface area contributed by atoms with Gasteiger partial charge >= 0.3 is 0 Å². The van der Waals surface area contributed by atoms with Crippen LogP contribution in [0.4, 0.5) is 0 Å². The van der Waals surface area contributed by atoms with Crippen LogP contribution in [0.1, 0.15) is 30.9 Å². The van der Waals surface area contributed by atoms with Gasteiger partial charge in [-0.1, -0.05) is 22.0 Å². The third-order valence-corrected chi connectivity index (χ3v) is 3.73. The molecule has 0 spiro atoms. The Bertz CT molecular complexity index is 431. The second-order valence-corrected chi connectivity index (χ2v) is 5.72. The first-order valence-electron chi connectivity index (χ1n) is 6.49. The van der Waals surface area contributed by atoms with Crippen LogP contribution in [0.5, 0.6) is 5.75 Å². The number of benzene rings is 1. The molecule has 1 N–H and O–H groups in total. The molecule has 0 radical (unpaired) electrons. The van der Waals surface area contributed by atoms with Crippen molar-refractivity contribution in [2.24, 2.45) is 0 Å². The van der Waals surface area contributed by atoms with Crippen LogP contribution >= 0.6 is 15.9 Å². The van der Waals surface area contributed by atoms with E-state index in [4.69, 9.17) is 4.74 Å². The zero-order valence-electron chi connectivity index (χ0n) is 10.8. The normalized spacial score (nSPS) is 15.0. The van der Waals surface area contributed by atoms with Gasteiger partial charge in [0.15, 0.2) is 0 Å². The van der Waals surface area contributed by atoms with Crippen molar-refractivity contribution in [2.45, 2.75) is 38.8 Å². The highest BCUT2D eigenvalue weighted by Gasteiger charge is 2.17. The lowest BCUT2D eigenvalue weighted by Crippen LogP contribution is -2.25. The summed E-state index contributed by atoms with van der Waals surface area (Å²) in [5.41, 5.74) is 2.57. The first kappa shape index (κ1) is 13.6. The van der Waals surface area contributed by atoms with Crippen molar-refractivity contribution in [1.82, 2.24) is 5.32 Å². The molecular formula is C15H20BrNO. The van der Waals surface area contributed by atoms with Gasteiger partial charge in [0.05, 0.1) is 6.61 Å². The van der Waals surface area contributed by atoms with E-state index >= 15 is 0 Å². The van der Waals surface area contributed by atoms with Gasteiger partial charge in [-0.2, -0.15) is 0 Å². The van der Waals surface area contributed by atoms with Crippen molar-refractivity contribution >= 4 is 15.9 Å². The molecule has 98 valence electrons. The van der Waals surface area contributed by atoms with Crippen molar-refractivity contribution in [1.29, 1.82) is 0 Å². The van der Waals surface area contributed by atoms with Gasteiger partial charge in [0.1, 0.15) is 5.75 Å². The zero-order valence-corrected chi connectivity index (χ0v) is 12.4. The third-order valence-electron chi connectivity index (χ3n) is 3.27. The number of hydrogen-bond acceptors (Lipinski definition) is 2. The molecular weight excluding hydrogens is 290 g/mol. The van der Waals surface area contributed by atoms with Gasteiger partial charge in [-0.15, -0.1) is 6.58 Å². The number of ether oxygens (including phenoxy) is 1. The number of allylic oxidation sites excluding steroid dienone is 1. The van der Waals surface area contributed by atoms with Gasteiger partial charge in [0.25, 0.3) is 0 Å². The third kappa shape index (κ3) is 3.36. The Morgan fingerprint density at radius 1 is 1.56 bits per heavy atom. The van der Waals surface area contributed by atoms with Crippen molar-refractivity contribution < 1.29 is 4.74 Å². The summed E-state index contributed by atoms with van der Waals surface area (Å²) in [6.07, 6.45) is 5.17. The standard InChI is InChI=1S/C15H20BrNO/c1-3-4-5-11(2)17-10-13-9-14(16)8-12-6-7-18-15(12)13/h3,8-9,11,17H,1,4-7,10H2,2H3. The van der Waals surface area contributed by atoms with Crippen molar-refractivity contribution in [3.63, 3.8) is 0 Å².